The van der Waals surface area contributed by atoms with Crippen LogP contribution in [0.1, 0.15) is 17.0 Å². The molecule has 0 heterocycles. The molecule has 22 heavy (non-hydrogen) atoms. The predicted octanol–water partition coefficient (Wildman–Crippen LogP) is 2.84. The lowest BCUT2D eigenvalue weighted by Crippen LogP contribution is -2.17. The monoisotopic (exact) mass is 331 g/mol. The van der Waals surface area contributed by atoms with E-state index in [4.69, 9.17) is 18.0 Å². The summed E-state index contributed by atoms with van der Waals surface area (Å²) in [4.78, 5) is 0.609. The van der Waals surface area contributed by atoms with Crippen molar-refractivity contribution in [3.05, 3.63) is 65.7 Å². The zero-order valence-corrected chi connectivity index (χ0v) is 13.8. The number of rotatable bonds is 4. The van der Waals surface area contributed by atoms with Crippen molar-refractivity contribution in [3.63, 3.8) is 0 Å². The van der Waals surface area contributed by atoms with Crippen molar-refractivity contribution in [2.45, 2.75) is 23.0 Å². The third-order valence-corrected chi connectivity index (χ3v) is 6.68. The molecule has 0 aromatic heterocycles. The molecular weight excluding hydrogens is 314 g/mol. The Bertz CT molecular complexity index is 798. The SMILES string of the molecule is Cc1ccc(S(=O)(=O)[C@@H]2[C@H](C(N)=S)[C@H]2c2ccccc2)cc1. The summed E-state index contributed by atoms with van der Waals surface area (Å²) in [6, 6.07) is 16.5. The maximum Gasteiger partial charge on any atom is 0.182 e. The molecule has 0 bridgehead atoms. The Balaban J connectivity index is 1.99. The Labute approximate surface area is 136 Å². The molecule has 114 valence electrons. The molecule has 1 saturated carbocycles. The Kier molecular flexibility index (Phi) is 3.78. The molecule has 3 rings (SSSR count). The van der Waals surface area contributed by atoms with Gasteiger partial charge in [0.2, 0.25) is 0 Å². The van der Waals surface area contributed by atoms with Gasteiger partial charge in [0.25, 0.3) is 0 Å². The normalized spacial score (nSPS) is 24.0. The lowest BCUT2D eigenvalue weighted by atomic mass is 10.1. The molecule has 3 atom stereocenters. The maximum atomic E-state index is 12.9. The molecule has 1 aliphatic rings. The summed E-state index contributed by atoms with van der Waals surface area (Å²) in [5.74, 6) is -0.436. The van der Waals surface area contributed by atoms with E-state index in [1.807, 2.05) is 49.4 Å². The Morgan fingerprint density at radius 2 is 1.64 bits per heavy atom. The average Bonchev–Trinajstić information content (AvgIpc) is 3.25. The van der Waals surface area contributed by atoms with Crippen LogP contribution in [0.25, 0.3) is 0 Å². The van der Waals surface area contributed by atoms with Crippen LogP contribution in [0.5, 0.6) is 0 Å². The summed E-state index contributed by atoms with van der Waals surface area (Å²) in [5.41, 5.74) is 7.78. The van der Waals surface area contributed by atoms with Crippen molar-refractivity contribution in [3.8, 4) is 0 Å². The molecule has 2 aromatic carbocycles. The Morgan fingerprint density at radius 1 is 1.05 bits per heavy atom. The summed E-state index contributed by atoms with van der Waals surface area (Å²) in [6.07, 6.45) is 0. The molecule has 0 spiro atoms. The molecule has 5 heteroatoms. The van der Waals surface area contributed by atoms with Crippen molar-refractivity contribution in [1.82, 2.24) is 0 Å². The fourth-order valence-electron chi connectivity index (χ4n) is 2.97. The largest absolute Gasteiger partial charge is 0.393 e. The van der Waals surface area contributed by atoms with Crippen LogP contribution in [0.15, 0.2) is 59.5 Å². The number of sulfone groups is 1. The number of aryl methyl sites for hydroxylation is 1. The summed E-state index contributed by atoms with van der Waals surface area (Å²) >= 11 is 5.09. The van der Waals surface area contributed by atoms with Gasteiger partial charge in [-0.25, -0.2) is 8.42 Å². The van der Waals surface area contributed by atoms with E-state index in [-0.39, 0.29) is 16.8 Å². The molecule has 1 fully saturated rings. The topological polar surface area (TPSA) is 60.2 Å². The lowest BCUT2D eigenvalue weighted by Gasteiger charge is -2.05. The molecule has 1 aliphatic carbocycles. The zero-order valence-electron chi connectivity index (χ0n) is 12.1. The summed E-state index contributed by atoms with van der Waals surface area (Å²) in [5, 5.41) is -0.560. The van der Waals surface area contributed by atoms with E-state index in [2.05, 4.69) is 0 Å². The highest BCUT2D eigenvalue weighted by molar-refractivity contribution is 7.92. The minimum absolute atomic E-state index is 0.148. The van der Waals surface area contributed by atoms with Gasteiger partial charge in [-0.3, -0.25) is 0 Å². The van der Waals surface area contributed by atoms with Crippen LogP contribution in [0.3, 0.4) is 0 Å². The van der Waals surface area contributed by atoms with Gasteiger partial charge in [0.05, 0.1) is 15.1 Å². The van der Waals surface area contributed by atoms with Gasteiger partial charge in [-0.2, -0.15) is 0 Å². The molecule has 0 aliphatic heterocycles. The van der Waals surface area contributed by atoms with Gasteiger partial charge < -0.3 is 5.73 Å². The molecule has 0 amide bonds. The minimum Gasteiger partial charge on any atom is -0.393 e. The number of hydrogen-bond donors (Lipinski definition) is 1. The Morgan fingerprint density at radius 3 is 2.18 bits per heavy atom. The highest BCUT2D eigenvalue weighted by Gasteiger charge is 2.60. The van der Waals surface area contributed by atoms with E-state index >= 15 is 0 Å². The molecule has 2 N–H and O–H groups in total. The van der Waals surface area contributed by atoms with Crippen molar-refractivity contribution in [1.29, 1.82) is 0 Å². The highest BCUT2D eigenvalue weighted by atomic mass is 32.2. The predicted molar refractivity (Wildman–Crippen MR) is 91.6 cm³/mol. The number of hydrogen-bond acceptors (Lipinski definition) is 3. The van der Waals surface area contributed by atoms with Gasteiger partial charge in [-0.1, -0.05) is 60.2 Å². The van der Waals surface area contributed by atoms with Crippen LogP contribution in [0.4, 0.5) is 0 Å². The molecule has 0 radical (unpaired) electrons. The van der Waals surface area contributed by atoms with E-state index in [9.17, 15) is 8.42 Å². The number of benzene rings is 2. The third kappa shape index (κ3) is 2.55. The second-order valence-electron chi connectivity index (χ2n) is 5.69. The number of nitrogens with two attached hydrogens (primary N) is 1. The van der Waals surface area contributed by atoms with E-state index < -0.39 is 15.1 Å². The standard InChI is InChI=1S/C17H17NO2S2/c1-11-7-9-13(10-8-11)22(19,20)16-14(15(16)17(18)21)12-5-3-2-4-6-12/h2-10,14-16H,1H3,(H2,18,21)/t14-,15-,16+/m1/s1. The van der Waals surface area contributed by atoms with Crippen LogP contribution in [0.2, 0.25) is 0 Å². The summed E-state index contributed by atoms with van der Waals surface area (Å²) in [6.45, 7) is 1.93. The Hall–Kier alpha value is -1.72. The average molecular weight is 331 g/mol. The van der Waals surface area contributed by atoms with Crippen LogP contribution in [-0.2, 0) is 9.84 Å². The molecule has 0 saturated heterocycles. The van der Waals surface area contributed by atoms with E-state index in [1.165, 1.54) is 0 Å². The van der Waals surface area contributed by atoms with Gasteiger partial charge >= 0.3 is 0 Å². The third-order valence-electron chi connectivity index (χ3n) is 4.17. The second kappa shape index (κ2) is 5.48. The summed E-state index contributed by atoms with van der Waals surface area (Å²) in [7, 11) is -3.44. The lowest BCUT2D eigenvalue weighted by molar-refractivity contribution is 0.593. The van der Waals surface area contributed by atoms with Crippen molar-refractivity contribution in [2.75, 3.05) is 0 Å². The molecular formula is C17H17NO2S2. The van der Waals surface area contributed by atoms with E-state index in [0.29, 0.717) is 4.90 Å². The smallest absolute Gasteiger partial charge is 0.182 e. The van der Waals surface area contributed by atoms with Gasteiger partial charge in [0.1, 0.15) is 0 Å². The fraction of sp³-hybridized carbons (Fsp3) is 0.235. The second-order valence-corrected chi connectivity index (χ2v) is 8.26. The molecule has 3 nitrogen and oxygen atoms in total. The van der Waals surface area contributed by atoms with Crippen molar-refractivity contribution >= 4 is 27.0 Å². The van der Waals surface area contributed by atoms with E-state index in [0.717, 1.165) is 11.1 Å². The first-order chi connectivity index (χ1) is 10.4. The van der Waals surface area contributed by atoms with Crippen molar-refractivity contribution < 1.29 is 8.42 Å². The van der Waals surface area contributed by atoms with Crippen molar-refractivity contribution in [2.24, 2.45) is 11.7 Å². The quantitative estimate of drug-likeness (QED) is 0.875. The first-order valence-electron chi connectivity index (χ1n) is 7.08. The minimum atomic E-state index is -3.44. The first kappa shape index (κ1) is 15.2. The highest BCUT2D eigenvalue weighted by Crippen LogP contribution is 2.54. The van der Waals surface area contributed by atoms with E-state index in [1.54, 1.807) is 12.1 Å². The number of thiocarbonyl (C=S) groups is 1. The van der Waals surface area contributed by atoms with Gasteiger partial charge in [-0.05, 0) is 24.6 Å². The summed E-state index contributed by atoms with van der Waals surface area (Å²) < 4.78 is 25.8. The molecule has 2 aromatic rings. The fourth-order valence-corrected chi connectivity index (χ4v) is 5.50. The van der Waals surface area contributed by atoms with Crippen LogP contribution < -0.4 is 5.73 Å². The first-order valence-corrected chi connectivity index (χ1v) is 9.03. The maximum absolute atomic E-state index is 12.9. The van der Waals surface area contributed by atoms with Gasteiger partial charge in [0.15, 0.2) is 9.84 Å². The molecule has 0 unspecified atom stereocenters. The van der Waals surface area contributed by atoms with Gasteiger partial charge in [-0.15, -0.1) is 0 Å². The van der Waals surface area contributed by atoms with Crippen LogP contribution in [-0.4, -0.2) is 18.7 Å². The zero-order chi connectivity index (χ0) is 15.9. The van der Waals surface area contributed by atoms with Crippen LogP contribution in [0, 0.1) is 12.8 Å². The van der Waals surface area contributed by atoms with Gasteiger partial charge in [0, 0.05) is 11.8 Å². The van der Waals surface area contributed by atoms with Crippen LogP contribution >= 0.6 is 12.2 Å².